The third-order valence-corrected chi connectivity index (χ3v) is 10.9. The van der Waals surface area contributed by atoms with Crippen LogP contribution < -0.4 is 10.1 Å². The first-order valence-electron chi connectivity index (χ1n) is 15.4. The molecule has 2 aromatic carbocycles. The van der Waals surface area contributed by atoms with Gasteiger partial charge in [0.25, 0.3) is 0 Å². The molecule has 4 fully saturated rings. The number of aliphatic hydroxyl groups excluding tert-OH is 2. The summed E-state index contributed by atoms with van der Waals surface area (Å²) in [6, 6.07) is 11.2. The predicted octanol–water partition coefficient (Wildman–Crippen LogP) is -0.295. The number of nitrogens with zero attached hydrogens (tertiary/aromatic N) is 3. The van der Waals surface area contributed by atoms with Crippen molar-refractivity contribution in [1.82, 2.24) is 19.4 Å². The summed E-state index contributed by atoms with van der Waals surface area (Å²) in [4.78, 5) is 30.6. The zero-order valence-electron chi connectivity index (χ0n) is 25.4. The number of likely N-dealkylation sites (tertiary alicyclic amines) is 1. The Morgan fingerprint density at radius 1 is 1.02 bits per heavy atom. The molecule has 0 aliphatic carbocycles. The summed E-state index contributed by atoms with van der Waals surface area (Å²) in [5.41, 5.74) is 0.926. The second kappa shape index (κ2) is 13.5. The van der Waals surface area contributed by atoms with Crippen molar-refractivity contribution in [1.29, 1.82) is 0 Å². The van der Waals surface area contributed by atoms with Crippen LogP contribution in [0.5, 0.6) is 5.75 Å². The van der Waals surface area contributed by atoms with Crippen LogP contribution in [0, 0.1) is 5.82 Å². The maximum atomic E-state index is 14.1. The van der Waals surface area contributed by atoms with Gasteiger partial charge in [0.1, 0.15) is 29.9 Å². The van der Waals surface area contributed by atoms with Gasteiger partial charge in [-0.05, 0) is 42.3 Å². The van der Waals surface area contributed by atoms with Crippen LogP contribution in [0.2, 0.25) is 0 Å². The lowest BCUT2D eigenvalue weighted by Gasteiger charge is -2.38. The number of hydrogen-bond donors (Lipinski definition) is 3. The van der Waals surface area contributed by atoms with E-state index in [1.54, 1.807) is 12.0 Å². The van der Waals surface area contributed by atoms with E-state index >= 15 is 0 Å². The van der Waals surface area contributed by atoms with E-state index in [1.807, 2.05) is 29.2 Å². The number of amides is 2. The molecule has 4 heterocycles. The Morgan fingerprint density at radius 3 is 2.59 bits per heavy atom. The van der Waals surface area contributed by atoms with Crippen LogP contribution in [0.3, 0.4) is 0 Å². The number of ether oxygens (including phenoxy) is 3. The number of halogens is 1. The monoisotopic (exact) mass is 662 g/mol. The zero-order valence-corrected chi connectivity index (χ0v) is 26.2. The second-order valence-corrected chi connectivity index (χ2v) is 14.2. The van der Waals surface area contributed by atoms with E-state index in [4.69, 9.17) is 14.2 Å². The molecule has 3 N–H and O–H groups in total. The molecule has 0 unspecified atom stereocenters. The lowest BCUT2D eigenvalue weighted by atomic mass is 10.0. The van der Waals surface area contributed by atoms with Gasteiger partial charge in [0.2, 0.25) is 21.8 Å². The van der Waals surface area contributed by atoms with Gasteiger partial charge in [-0.25, -0.2) is 12.8 Å². The Balaban J connectivity index is 1.31. The SMILES string of the molecule is COc1cccc(CN2C[C@@H]3C[C@H]2C(=O)N2CCO[C@@H](C2)CN(S(=O)(=O)c2cccc(F)c2)C[C@H]2O[C@@H](CC(=O)N3)[C@H](O)[C@@H]2O)c1. The van der Waals surface area contributed by atoms with Crippen molar-refractivity contribution < 1.29 is 46.8 Å². The molecule has 0 radical (unpaired) electrons. The largest absolute Gasteiger partial charge is 0.497 e. The molecular weight excluding hydrogens is 623 g/mol. The summed E-state index contributed by atoms with van der Waals surface area (Å²) >= 11 is 0. The van der Waals surface area contributed by atoms with Gasteiger partial charge in [-0.3, -0.25) is 14.5 Å². The van der Waals surface area contributed by atoms with Crippen LogP contribution >= 0.6 is 0 Å². The van der Waals surface area contributed by atoms with Crippen LogP contribution in [0.4, 0.5) is 4.39 Å². The summed E-state index contributed by atoms with van der Waals surface area (Å²) in [6.45, 7) is 0.743. The maximum absolute atomic E-state index is 14.1. The number of rotatable bonds is 5. The van der Waals surface area contributed by atoms with Crippen LogP contribution in [-0.2, 0) is 35.6 Å². The molecule has 2 aromatic rings. The Morgan fingerprint density at radius 2 is 1.80 bits per heavy atom. The molecule has 4 saturated heterocycles. The predicted molar refractivity (Wildman–Crippen MR) is 161 cm³/mol. The van der Waals surface area contributed by atoms with E-state index in [-0.39, 0.29) is 43.0 Å². The molecule has 6 rings (SSSR count). The molecular formula is C31H39FN4O9S. The first kappa shape index (κ1) is 32.7. The molecule has 0 aromatic heterocycles. The Bertz CT molecular complexity index is 1550. The second-order valence-electron chi connectivity index (χ2n) is 12.3. The molecule has 15 heteroatoms. The summed E-state index contributed by atoms with van der Waals surface area (Å²) in [7, 11) is -2.77. The van der Waals surface area contributed by atoms with Gasteiger partial charge < -0.3 is 34.6 Å². The summed E-state index contributed by atoms with van der Waals surface area (Å²) < 4.78 is 60.0. The third-order valence-electron chi connectivity index (χ3n) is 9.10. The van der Waals surface area contributed by atoms with E-state index < -0.39 is 64.9 Å². The van der Waals surface area contributed by atoms with E-state index in [9.17, 15) is 32.6 Å². The number of aliphatic hydroxyl groups is 2. The molecule has 0 spiro atoms. The lowest BCUT2D eigenvalue weighted by molar-refractivity contribution is -0.144. The standard InChI is InChI=1S/C31H39FN4O9S/c1-43-22-6-2-4-19(10-22)14-35-15-21-12-25(35)31(40)34-8-9-44-23(16-34)17-36(46(41,42)24-7-3-5-20(32)11-24)18-27-30(39)29(38)26(45-27)13-28(37)33-21/h2-7,10-11,21,23,25-27,29-30,38-39H,8-9,12-18H2,1H3,(H,33,37)/t21-,23-,25-,26-,27+,29-,30+/m0/s1. The average molecular weight is 663 g/mol. The minimum Gasteiger partial charge on any atom is -0.497 e. The van der Waals surface area contributed by atoms with Gasteiger partial charge in [-0.2, -0.15) is 4.31 Å². The average Bonchev–Trinajstić information content (AvgIpc) is 3.54. The first-order chi connectivity index (χ1) is 22.0. The smallest absolute Gasteiger partial charge is 0.243 e. The highest BCUT2D eigenvalue weighted by atomic mass is 32.2. The van der Waals surface area contributed by atoms with Crippen LogP contribution in [-0.4, -0.2) is 134 Å². The van der Waals surface area contributed by atoms with Crippen molar-refractivity contribution in [3.63, 3.8) is 0 Å². The Hall–Kier alpha value is -3.18. The number of carbonyl (C=O) groups is 2. The molecule has 6 bridgehead atoms. The number of methoxy groups -OCH3 is 1. The highest BCUT2D eigenvalue weighted by molar-refractivity contribution is 7.89. The normalized spacial score (nSPS) is 31.6. The van der Waals surface area contributed by atoms with Crippen molar-refractivity contribution in [2.24, 2.45) is 0 Å². The molecule has 4 aliphatic rings. The van der Waals surface area contributed by atoms with E-state index in [2.05, 4.69) is 5.32 Å². The number of morpholine rings is 1. The molecule has 46 heavy (non-hydrogen) atoms. The fourth-order valence-electron chi connectivity index (χ4n) is 6.78. The fourth-order valence-corrected chi connectivity index (χ4v) is 8.29. The minimum atomic E-state index is -4.35. The minimum absolute atomic E-state index is 0.0911. The van der Waals surface area contributed by atoms with Crippen molar-refractivity contribution in [2.75, 3.05) is 46.4 Å². The van der Waals surface area contributed by atoms with Gasteiger partial charge in [-0.1, -0.05) is 18.2 Å². The summed E-state index contributed by atoms with van der Waals surface area (Å²) in [5, 5.41) is 24.6. The molecule has 250 valence electrons. The fraction of sp³-hybridized carbons (Fsp3) is 0.548. The highest BCUT2D eigenvalue weighted by Crippen LogP contribution is 2.29. The number of benzene rings is 2. The number of nitrogens with one attached hydrogen (secondary N) is 1. The van der Waals surface area contributed by atoms with Gasteiger partial charge >= 0.3 is 0 Å². The maximum Gasteiger partial charge on any atom is 0.243 e. The third kappa shape index (κ3) is 6.90. The lowest BCUT2D eigenvalue weighted by Crippen LogP contribution is -2.55. The summed E-state index contributed by atoms with van der Waals surface area (Å²) in [6.07, 6.45) is -5.90. The van der Waals surface area contributed by atoms with Crippen molar-refractivity contribution in [3.05, 3.63) is 59.9 Å². The van der Waals surface area contributed by atoms with Crippen LogP contribution in [0.15, 0.2) is 53.4 Å². The number of hydrogen-bond acceptors (Lipinski definition) is 10. The van der Waals surface area contributed by atoms with E-state index in [0.717, 1.165) is 22.0 Å². The quantitative estimate of drug-likeness (QED) is 0.389. The molecule has 7 atom stereocenters. The van der Waals surface area contributed by atoms with Crippen LogP contribution in [0.1, 0.15) is 18.4 Å². The van der Waals surface area contributed by atoms with Crippen molar-refractivity contribution >= 4 is 21.8 Å². The Kier molecular flexibility index (Phi) is 9.62. The molecule has 2 amide bonds. The number of fused-ring (bicyclic) bond motifs is 6. The van der Waals surface area contributed by atoms with Crippen molar-refractivity contribution in [3.8, 4) is 5.75 Å². The van der Waals surface area contributed by atoms with Crippen LogP contribution in [0.25, 0.3) is 0 Å². The number of sulfonamides is 1. The number of carbonyl (C=O) groups excluding carboxylic acids is 2. The van der Waals surface area contributed by atoms with Gasteiger partial charge in [0.15, 0.2) is 0 Å². The van der Waals surface area contributed by atoms with Crippen molar-refractivity contribution in [2.45, 2.75) is 66.9 Å². The van der Waals surface area contributed by atoms with E-state index in [0.29, 0.717) is 31.8 Å². The van der Waals surface area contributed by atoms with Gasteiger partial charge in [0, 0.05) is 45.3 Å². The Labute approximate surface area is 266 Å². The van der Waals surface area contributed by atoms with Gasteiger partial charge in [-0.15, -0.1) is 0 Å². The first-order valence-corrected chi connectivity index (χ1v) is 16.8. The molecule has 0 saturated carbocycles. The topological polar surface area (TPSA) is 158 Å². The van der Waals surface area contributed by atoms with E-state index in [1.165, 1.54) is 12.1 Å². The summed E-state index contributed by atoms with van der Waals surface area (Å²) in [5.74, 6) is -0.652. The zero-order chi connectivity index (χ0) is 32.6. The molecule has 4 aliphatic heterocycles. The van der Waals surface area contributed by atoms with Gasteiger partial charge in [0.05, 0.1) is 43.3 Å². The highest BCUT2D eigenvalue weighted by Gasteiger charge is 2.47. The molecule has 13 nitrogen and oxygen atoms in total.